The van der Waals surface area contributed by atoms with E-state index >= 15 is 0 Å². The maximum Gasteiger partial charge on any atom is 0.0811 e. The zero-order chi connectivity index (χ0) is 20.6. The summed E-state index contributed by atoms with van der Waals surface area (Å²) in [5.74, 6) is 0.490. The van der Waals surface area contributed by atoms with Gasteiger partial charge in [0, 0.05) is 29.4 Å². The summed E-state index contributed by atoms with van der Waals surface area (Å²) < 4.78 is 0. The average Bonchev–Trinajstić information content (AvgIpc) is 2.83. The zero-order valence-corrected chi connectivity index (χ0v) is 17.4. The van der Waals surface area contributed by atoms with Crippen LogP contribution in [0.5, 0.6) is 0 Å². The number of hydrogen-bond acceptors (Lipinski definition) is 2. The van der Waals surface area contributed by atoms with Crippen LogP contribution in [-0.2, 0) is 12.3 Å². The van der Waals surface area contributed by atoms with Gasteiger partial charge in [-0.2, -0.15) is 0 Å². The first kappa shape index (κ1) is 20.1. The molecule has 148 valence electrons. The van der Waals surface area contributed by atoms with Crippen LogP contribution in [-0.4, -0.2) is 10.7 Å². The highest BCUT2D eigenvalue weighted by atomic mass is 35.5. The minimum atomic E-state index is -0.0709. The van der Waals surface area contributed by atoms with Gasteiger partial charge in [-0.05, 0) is 29.2 Å². The fourth-order valence-corrected chi connectivity index (χ4v) is 3.83. The number of rotatable bonds is 7. The summed E-state index contributed by atoms with van der Waals surface area (Å²) in [6.07, 6.45) is 4.47. The van der Waals surface area contributed by atoms with Crippen LogP contribution in [0.3, 0.4) is 0 Å². The van der Waals surface area contributed by atoms with E-state index in [2.05, 4.69) is 77.8 Å². The van der Waals surface area contributed by atoms with Crippen molar-refractivity contribution in [2.45, 2.75) is 18.3 Å². The molecule has 0 amide bonds. The van der Waals surface area contributed by atoms with Crippen molar-refractivity contribution in [3.63, 3.8) is 0 Å². The number of benzene rings is 3. The van der Waals surface area contributed by atoms with E-state index in [1.165, 1.54) is 5.56 Å². The second-order valence-corrected chi connectivity index (χ2v) is 7.39. The van der Waals surface area contributed by atoms with Crippen molar-refractivity contribution in [2.75, 3.05) is 0 Å². The molecule has 3 aromatic carbocycles. The van der Waals surface area contributed by atoms with Crippen molar-refractivity contribution < 1.29 is 0 Å². The first-order valence-corrected chi connectivity index (χ1v) is 10.6. The van der Waals surface area contributed by atoms with E-state index in [1.54, 1.807) is 6.20 Å². The molecule has 0 bridgehead atoms. The molecular weight excluding hydrogens is 388 g/mol. The Hall–Kier alpha value is -3.23. The van der Waals surface area contributed by atoms with Crippen molar-refractivity contribution in [3.8, 4) is 0 Å². The fraction of sp³-hybridized carbons (Fsp3) is 0.111. The van der Waals surface area contributed by atoms with Gasteiger partial charge in [-0.15, -0.1) is 11.6 Å². The second kappa shape index (κ2) is 10.00. The van der Waals surface area contributed by atoms with Gasteiger partial charge in [-0.3, -0.25) is 9.98 Å². The lowest BCUT2D eigenvalue weighted by Gasteiger charge is -2.18. The normalized spacial score (nSPS) is 11.6. The summed E-state index contributed by atoms with van der Waals surface area (Å²) in [6, 6.07) is 33.0. The minimum Gasteiger partial charge on any atom is -0.276 e. The Balaban J connectivity index is 1.83. The molecule has 1 aromatic heterocycles. The highest BCUT2D eigenvalue weighted by molar-refractivity contribution is 6.17. The molecule has 1 heterocycles. The van der Waals surface area contributed by atoms with E-state index < -0.39 is 0 Å². The van der Waals surface area contributed by atoms with Gasteiger partial charge < -0.3 is 0 Å². The van der Waals surface area contributed by atoms with Gasteiger partial charge in [0.05, 0.1) is 11.8 Å². The summed E-state index contributed by atoms with van der Waals surface area (Å²) >= 11 is 6.21. The number of halogens is 1. The summed E-state index contributed by atoms with van der Waals surface area (Å²) in [4.78, 5) is 9.64. The lowest BCUT2D eigenvalue weighted by atomic mass is 9.96. The van der Waals surface area contributed by atoms with Crippen molar-refractivity contribution >= 4 is 17.3 Å². The number of hydrogen-bond donors (Lipinski definition) is 0. The molecule has 1 unspecified atom stereocenters. The summed E-state index contributed by atoms with van der Waals surface area (Å²) in [5, 5.41) is 0. The lowest BCUT2D eigenvalue weighted by Crippen LogP contribution is -2.10. The molecule has 0 fully saturated rings. The fourth-order valence-electron chi connectivity index (χ4n) is 3.57. The Bertz CT molecular complexity index is 1050. The Morgan fingerprint density at radius 1 is 0.733 bits per heavy atom. The molecule has 0 N–H and O–H groups in total. The van der Waals surface area contributed by atoms with Crippen LogP contribution in [0.25, 0.3) is 0 Å². The smallest absolute Gasteiger partial charge is 0.0811 e. The van der Waals surface area contributed by atoms with E-state index in [1.807, 2.05) is 30.5 Å². The molecule has 0 aliphatic carbocycles. The molecule has 1 atom stereocenters. The van der Waals surface area contributed by atoms with Gasteiger partial charge in [0.1, 0.15) is 0 Å². The quantitative estimate of drug-likeness (QED) is 0.247. The van der Waals surface area contributed by atoms with Crippen molar-refractivity contribution in [3.05, 3.63) is 137 Å². The molecule has 2 nitrogen and oxygen atoms in total. The van der Waals surface area contributed by atoms with E-state index in [9.17, 15) is 0 Å². The van der Waals surface area contributed by atoms with Gasteiger partial charge in [-0.1, -0.05) is 91.0 Å². The maximum absolute atomic E-state index is 6.21. The standard InChI is InChI=1S/C27H23ClN2/c28-19-24-15-8-7-14-23(24)18-26(25-16-9-17-29-20-25)30-27(21-10-3-1-4-11-21)22-12-5-2-6-13-22/h1-17,20,26H,18-19H2. The number of aromatic nitrogens is 1. The molecular formula is C27H23ClN2. The highest BCUT2D eigenvalue weighted by Gasteiger charge is 2.16. The van der Waals surface area contributed by atoms with Crippen molar-refractivity contribution in [2.24, 2.45) is 4.99 Å². The molecule has 30 heavy (non-hydrogen) atoms. The van der Waals surface area contributed by atoms with Crippen LogP contribution >= 0.6 is 11.6 Å². The third kappa shape index (κ3) is 4.84. The molecule has 0 saturated heterocycles. The second-order valence-electron chi connectivity index (χ2n) is 7.12. The first-order chi connectivity index (χ1) is 14.8. The zero-order valence-electron chi connectivity index (χ0n) is 16.7. The molecule has 0 saturated carbocycles. The summed E-state index contributed by atoms with van der Waals surface area (Å²) in [6.45, 7) is 0. The van der Waals surface area contributed by atoms with Crippen LogP contribution in [0.1, 0.15) is 33.9 Å². The van der Waals surface area contributed by atoms with Crippen molar-refractivity contribution in [1.82, 2.24) is 4.98 Å². The van der Waals surface area contributed by atoms with Gasteiger partial charge in [0.2, 0.25) is 0 Å². The molecule has 0 aliphatic rings. The summed E-state index contributed by atoms with van der Waals surface area (Å²) in [5.41, 5.74) is 6.63. The predicted molar refractivity (Wildman–Crippen MR) is 125 cm³/mol. The SMILES string of the molecule is ClCc1ccccc1CC(N=C(c1ccccc1)c1ccccc1)c1cccnc1. The molecule has 4 aromatic rings. The van der Waals surface area contributed by atoms with Crippen LogP contribution in [0.15, 0.2) is 114 Å². The van der Waals surface area contributed by atoms with Crippen molar-refractivity contribution in [1.29, 1.82) is 0 Å². The largest absolute Gasteiger partial charge is 0.276 e. The highest BCUT2D eigenvalue weighted by Crippen LogP contribution is 2.26. The molecule has 0 radical (unpaired) electrons. The molecule has 0 spiro atoms. The van der Waals surface area contributed by atoms with Gasteiger partial charge in [-0.25, -0.2) is 0 Å². The number of pyridine rings is 1. The van der Waals surface area contributed by atoms with E-state index in [4.69, 9.17) is 16.6 Å². The topological polar surface area (TPSA) is 25.2 Å². The van der Waals surface area contributed by atoms with Crippen LogP contribution < -0.4 is 0 Å². The molecule has 4 rings (SSSR count). The van der Waals surface area contributed by atoms with Gasteiger partial charge in [0.25, 0.3) is 0 Å². The number of nitrogens with zero attached hydrogens (tertiary/aromatic N) is 2. The average molecular weight is 411 g/mol. The van der Waals surface area contributed by atoms with E-state index in [0.29, 0.717) is 5.88 Å². The summed E-state index contributed by atoms with van der Waals surface area (Å²) in [7, 11) is 0. The third-order valence-electron chi connectivity index (χ3n) is 5.12. The molecule has 0 aliphatic heterocycles. The first-order valence-electron chi connectivity index (χ1n) is 10.1. The Kier molecular flexibility index (Phi) is 6.68. The Labute approximate surface area is 182 Å². The van der Waals surface area contributed by atoms with Crippen LogP contribution in [0.4, 0.5) is 0 Å². The number of aliphatic imine (C=N–C) groups is 1. The Morgan fingerprint density at radius 3 is 1.90 bits per heavy atom. The van der Waals surface area contributed by atoms with Gasteiger partial charge in [0.15, 0.2) is 0 Å². The minimum absolute atomic E-state index is 0.0709. The third-order valence-corrected chi connectivity index (χ3v) is 5.41. The molecule has 3 heteroatoms. The van der Waals surface area contributed by atoms with E-state index in [0.717, 1.165) is 34.4 Å². The predicted octanol–water partition coefficient (Wildman–Crippen LogP) is 6.64. The van der Waals surface area contributed by atoms with Gasteiger partial charge >= 0.3 is 0 Å². The van der Waals surface area contributed by atoms with Crippen LogP contribution in [0, 0.1) is 0 Å². The van der Waals surface area contributed by atoms with E-state index in [-0.39, 0.29) is 6.04 Å². The van der Waals surface area contributed by atoms with Crippen LogP contribution in [0.2, 0.25) is 0 Å². The lowest BCUT2D eigenvalue weighted by molar-refractivity contribution is 0.717. The Morgan fingerprint density at radius 2 is 1.33 bits per heavy atom. The maximum atomic E-state index is 6.21. The number of alkyl halides is 1. The monoisotopic (exact) mass is 410 g/mol.